The second-order valence-electron chi connectivity index (χ2n) is 3.37. The number of aromatic nitrogens is 1. The van der Waals surface area contributed by atoms with E-state index in [0.717, 1.165) is 21.2 Å². The lowest BCUT2D eigenvalue weighted by Crippen LogP contribution is -1.92. The summed E-state index contributed by atoms with van der Waals surface area (Å²) < 4.78 is 2.04. The normalized spacial score (nSPS) is 10.5. The molecule has 3 heteroatoms. The number of hydrogen-bond donors (Lipinski definition) is 0. The first-order valence-corrected chi connectivity index (χ1v) is 6.63. The molecule has 0 aliphatic heterocycles. The van der Waals surface area contributed by atoms with E-state index in [1.54, 1.807) is 0 Å². The Hall–Kier alpha value is 0.110. The smallest absolute Gasteiger partial charge is 0.106 e. The van der Waals surface area contributed by atoms with Gasteiger partial charge in [0.1, 0.15) is 4.60 Å². The van der Waals surface area contributed by atoms with Crippen LogP contribution in [0.4, 0.5) is 0 Å². The fraction of sp³-hybridized carbons (Fsp3) is 0.545. The Morgan fingerprint density at radius 1 is 1.14 bits per heavy atom. The molecule has 0 amide bonds. The van der Waals surface area contributed by atoms with E-state index in [1.165, 1.54) is 25.7 Å². The lowest BCUT2D eigenvalue weighted by Gasteiger charge is -2.03. The van der Waals surface area contributed by atoms with E-state index in [1.807, 2.05) is 12.1 Å². The topological polar surface area (TPSA) is 12.9 Å². The molecule has 0 spiro atoms. The highest BCUT2D eigenvalue weighted by Crippen LogP contribution is 2.19. The molecule has 0 fully saturated rings. The number of rotatable bonds is 5. The van der Waals surface area contributed by atoms with Crippen molar-refractivity contribution >= 4 is 31.9 Å². The van der Waals surface area contributed by atoms with Crippen LogP contribution in [0.3, 0.4) is 0 Å². The molecule has 78 valence electrons. The van der Waals surface area contributed by atoms with Gasteiger partial charge >= 0.3 is 0 Å². The standard InChI is InChI=1S/C11H15Br2N/c1-2-3-4-5-6-10-9(12)7-8-11(13)14-10/h7-8H,2-6H2,1H3. The number of pyridine rings is 1. The Bertz CT molecular complexity index is 287. The summed E-state index contributed by atoms with van der Waals surface area (Å²) in [4.78, 5) is 4.44. The second kappa shape index (κ2) is 6.57. The van der Waals surface area contributed by atoms with E-state index >= 15 is 0 Å². The van der Waals surface area contributed by atoms with E-state index in [-0.39, 0.29) is 0 Å². The summed E-state index contributed by atoms with van der Waals surface area (Å²) >= 11 is 6.90. The van der Waals surface area contributed by atoms with Gasteiger partial charge in [0.15, 0.2) is 0 Å². The number of hydrogen-bond acceptors (Lipinski definition) is 1. The minimum Gasteiger partial charge on any atom is -0.245 e. The van der Waals surface area contributed by atoms with Gasteiger partial charge in [0.2, 0.25) is 0 Å². The van der Waals surface area contributed by atoms with Crippen LogP contribution in [-0.4, -0.2) is 4.98 Å². The van der Waals surface area contributed by atoms with Gasteiger partial charge in [-0.25, -0.2) is 4.98 Å². The van der Waals surface area contributed by atoms with E-state index < -0.39 is 0 Å². The number of aryl methyl sites for hydroxylation is 1. The Morgan fingerprint density at radius 2 is 1.93 bits per heavy atom. The number of nitrogens with zero attached hydrogens (tertiary/aromatic N) is 1. The van der Waals surface area contributed by atoms with Crippen LogP contribution in [0, 0.1) is 0 Å². The molecule has 1 aromatic heterocycles. The van der Waals surface area contributed by atoms with Crippen molar-refractivity contribution in [2.45, 2.75) is 39.0 Å². The van der Waals surface area contributed by atoms with Crippen molar-refractivity contribution in [3.63, 3.8) is 0 Å². The molecular formula is C11H15Br2N. The maximum atomic E-state index is 4.44. The van der Waals surface area contributed by atoms with Crippen LogP contribution in [0.1, 0.15) is 38.3 Å². The predicted molar refractivity (Wildman–Crippen MR) is 67.5 cm³/mol. The minimum absolute atomic E-state index is 0.922. The van der Waals surface area contributed by atoms with Gasteiger partial charge in [-0.2, -0.15) is 0 Å². The third kappa shape index (κ3) is 4.09. The van der Waals surface area contributed by atoms with Crippen LogP contribution in [-0.2, 0) is 6.42 Å². The van der Waals surface area contributed by atoms with Crippen LogP contribution in [0.2, 0.25) is 0 Å². The van der Waals surface area contributed by atoms with E-state index in [0.29, 0.717) is 0 Å². The van der Waals surface area contributed by atoms with Gasteiger partial charge < -0.3 is 0 Å². The first-order chi connectivity index (χ1) is 6.74. The summed E-state index contributed by atoms with van der Waals surface area (Å²) in [6.07, 6.45) is 6.21. The largest absolute Gasteiger partial charge is 0.245 e. The second-order valence-corrected chi connectivity index (χ2v) is 5.04. The number of halogens is 2. The SMILES string of the molecule is CCCCCCc1nc(Br)ccc1Br. The molecule has 0 aliphatic rings. The molecule has 0 N–H and O–H groups in total. The lowest BCUT2D eigenvalue weighted by atomic mass is 10.1. The summed E-state index contributed by atoms with van der Waals surface area (Å²) in [5, 5.41) is 0. The average molecular weight is 321 g/mol. The first-order valence-electron chi connectivity index (χ1n) is 5.05. The molecule has 14 heavy (non-hydrogen) atoms. The highest BCUT2D eigenvalue weighted by Gasteiger charge is 2.01. The Morgan fingerprint density at radius 3 is 2.64 bits per heavy atom. The molecule has 1 rings (SSSR count). The fourth-order valence-corrected chi connectivity index (χ4v) is 2.12. The third-order valence-electron chi connectivity index (χ3n) is 2.15. The summed E-state index contributed by atoms with van der Waals surface area (Å²) in [6.45, 7) is 2.23. The zero-order chi connectivity index (χ0) is 10.4. The van der Waals surface area contributed by atoms with Gasteiger partial charge in [-0.1, -0.05) is 26.2 Å². The van der Waals surface area contributed by atoms with Gasteiger partial charge in [-0.15, -0.1) is 0 Å². The average Bonchev–Trinajstić information content (AvgIpc) is 2.18. The molecule has 1 nitrogen and oxygen atoms in total. The van der Waals surface area contributed by atoms with Crippen LogP contribution in [0.5, 0.6) is 0 Å². The fourth-order valence-electron chi connectivity index (χ4n) is 1.35. The molecule has 0 unspecified atom stereocenters. The van der Waals surface area contributed by atoms with Gasteiger partial charge in [0.05, 0.1) is 5.69 Å². The molecule has 0 radical (unpaired) electrons. The molecule has 0 atom stereocenters. The van der Waals surface area contributed by atoms with Crippen molar-refractivity contribution in [2.75, 3.05) is 0 Å². The molecule has 0 aromatic carbocycles. The summed E-state index contributed by atoms with van der Waals surface area (Å²) in [7, 11) is 0. The Kier molecular flexibility index (Phi) is 5.71. The molecule has 1 aromatic rings. The first kappa shape index (κ1) is 12.2. The summed E-state index contributed by atoms with van der Waals surface area (Å²) in [6, 6.07) is 4.01. The maximum absolute atomic E-state index is 4.44. The molecule has 0 bridgehead atoms. The third-order valence-corrected chi connectivity index (χ3v) is 3.32. The van der Waals surface area contributed by atoms with Crippen LogP contribution >= 0.6 is 31.9 Å². The zero-order valence-corrected chi connectivity index (χ0v) is 11.6. The zero-order valence-electron chi connectivity index (χ0n) is 8.39. The summed E-state index contributed by atoms with van der Waals surface area (Å²) in [5.74, 6) is 0. The van der Waals surface area contributed by atoms with Crippen LogP contribution in [0.15, 0.2) is 21.2 Å². The van der Waals surface area contributed by atoms with E-state index in [9.17, 15) is 0 Å². The van der Waals surface area contributed by atoms with Gasteiger partial charge in [-0.05, 0) is 56.8 Å². The van der Waals surface area contributed by atoms with Crippen molar-refractivity contribution in [1.82, 2.24) is 4.98 Å². The van der Waals surface area contributed by atoms with Crippen LogP contribution in [0.25, 0.3) is 0 Å². The van der Waals surface area contributed by atoms with Gasteiger partial charge in [0.25, 0.3) is 0 Å². The molecule has 0 aliphatic carbocycles. The van der Waals surface area contributed by atoms with Crippen molar-refractivity contribution < 1.29 is 0 Å². The quantitative estimate of drug-likeness (QED) is 0.564. The summed E-state index contributed by atoms with van der Waals surface area (Å²) in [5.41, 5.74) is 1.16. The maximum Gasteiger partial charge on any atom is 0.106 e. The minimum atomic E-state index is 0.922. The molecule has 1 heterocycles. The van der Waals surface area contributed by atoms with E-state index in [4.69, 9.17) is 0 Å². The number of unbranched alkanes of at least 4 members (excludes halogenated alkanes) is 3. The molecule has 0 saturated heterocycles. The molecular weight excluding hydrogens is 306 g/mol. The monoisotopic (exact) mass is 319 g/mol. The highest BCUT2D eigenvalue weighted by atomic mass is 79.9. The van der Waals surface area contributed by atoms with Crippen molar-refractivity contribution in [3.8, 4) is 0 Å². The highest BCUT2D eigenvalue weighted by molar-refractivity contribution is 9.11. The lowest BCUT2D eigenvalue weighted by molar-refractivity contribution is 0.659. The van der Waals surface area contributed by atoms with Crippen molar-refractivity contribution in [3.05, 3.63) is 26.9 Å². The van der Waals surface area contributed by atoms with Gasteiger partial charge in [0, 0.05) is 4.47 Å². The van der Waals surface area contributed by atoms with E-state index in [2.05, 4.69) is 43.8 Å². The van der Waals surface area contributed by atoms with Crippen molar-refractivity contribution in [2.24, 2.45) is 0 Å². The van der Waals surface area contributed by atoms with Crippen molar-refractivity contribution in [1.29, 1.82) is 0 Å². The Balaban J connectivity index is 2.45. The molecule has 0 saturated carbocycles. The van der Waals surface area contributed by atoms with Crippen LogP contribution < -0.4 is 0 Å². The predicted octanol–water partition coefficient (Wildman–Crippen LogP) is 4.73. The Labute approximate surface area is 103 Å². The van der Waals surface area contributed by atoms with Gasteiger partial charge in [-0.3, -0.25) is 0 Å².